The number of benzene rings is 1. The Kier molecular flexibility index (Phi) is 5.65. The molecule has 0 aliphatic rings. The van der Waals surface area contributed by atoms with Crippen LogP contribution in [-0.2, 0) is 11.3 Å². The van der Waals surface area contributed by atoms with Crippen molar-refractivity contribution in [3.05, 3.63) is 35.7 Å². The SMILES string of the molecule is COCCNC(C)c1nnnn1Cc1cccc(OC)c1. The van der Waals surface area contributed by atoms with Gasteiger partial charge in [0.05, 0.1) is 26.3 Å². The molecule has 114 valence electrons. The lowest BCUT2D eigenvalue weighted by atomic mass is 10.2. The number of nitrogens with zero attached hydrogens (tertiary/aromatic N) is 4. The second kappa shape index (κ2) is 7.70. The molecule has 2 aromatic rings. The maximum atomic E-state index is 5.23. The van der Waals surface area contributed by atoms with Crippen LogP contribution in [0.2, 0.25) is 0 Å². The van der Waals surface area contributed by atoms with Gasteiger partial charge in [-0.3, -0.25) is 0 Å². The highest BCUT2D eigenvalue weighted by atomic mass is 16.5. The molecule has 21 heavy (non-hydrogen) atoms. The lowest BCUT2D eigenvalue weighted by Gasteiger charge is -2.13. The summed E-state index contributed by atoms with van der Waals surface area (Å²) < 4.78 is 12.0. The van der Waals surface area contributed by atoms with Crippen molar-refractivity contribution in [1.82, 2.24) is 25.5 Å². The number of hydrogen-bond acceptors (Lipinski definition) is 6. The van der Waals surface area contributed by atoms with Crippen LogP contribution >= 0.6 is 0 Å². The zero-order valence-corrected chi connectivity index (χ0v) is 12.6. The summed E-state index contributed by atoms with van der Waals surface area (Å²) in [4.78, 5) is 0. The number of methoxy groups -OCH3 is 2. The first-order valence-electron chi connectivity index (χ1n) is 6.86. The number of hydrogen-bond donors (Lipinski definition) is 1. The fourth-order valence-corrected chi connectivity index (χ4v) is 2.05. The number of rotatable bonds is 8. The van der Waals surface area contributed by atoms with E-state index >= 15 is 0 Å². The molecule has 0 saturated heterocycles. The molecule has 1 aromatic carbocycles. The van der Waals surface area contributed by atoms with Crippen molar-refractivity contribution in [2.24, 2.45) is 0 Å². The van der Waals surface area contributed by atoms with Gasteiger partial charge in [-0.05, 0) is 35.0 Å². The molecule has 1 atom stereocenters. The Balaban J connectivity index is 2.05. The van der Waals surface area contributed by atoms with Gasteiger partial charge in [0.1, 0.15) is 5.75 Å². The molecule has 1 aromatic heterocycles. The molecule has 2 rings (SSSR count). The molecule has 0 amide bonds. The highest BCUT2D eigenvalue weighted by Crippen LogP contribution is 2.15. The predicted octanol–water partition coefficient (Wildman–Crippen LogP) is 1.03. The van der Waals surface area contributed by atoms with E-state index in [1.54, 1.807) is 18.9 Å². The van der Waals surface area contributed by atoms with E-state index in [0.29, 0.717) is 13.2 Å². The van der Waals surface area contributed by atoms with Crippen LogP contribution < -0.4 is 10.1 Å². The van der Waals surface area contributed by atoms with E-state index in [-0.39, 0.29) is 6.04 Å². The molecule has 0 aliphatic carbocycles. The Morgan fingerprint density at radius 3 is 2.95 bits per heavy atom. The van der Waals surface area contributed by atoms with Gasteiger partial charge in [0, 0.05) is 13.7 Å². The first-order valence-corrected chi connectivity index (χ1v) is 6.86. The van der Waals surface area contributed by atoms with Crippen molar-refractivity contribution in [3.63, 3.8) is 0 Å². The number of aromatic nitrogens is 4. The van der Waals surface area contributed by atoms with Crippen molar-refractivity contribution in [3.8, 4) is 5.75 Å². The molecule has 7 heteroatoms. The van der Waals surface area contributed by atoms with Crippen LogP contribution in [0.3, 0.4) is 0 Å². The number of tetrazole rings is 1. The van der Waals surface area contributed by atoms with E-state index in [0.717, 1.165) is 23.7 Å². The fourth-order valence-electron chi connectivity index (χ4n) is 2.05. The van der Waals surface area contributed by atoms with Crippen LogP contribution in [0.25, 0.3) is 0 Å². The van der Waals surface area contributed by atoms with E-state index < -0.39 is 0 Å². The average molecular weight is 291 g/mol. The van der Waals surface area contributed by atoms with Gasteiger partial charge in [0.15, 0.2) is 5.82 Å². The van der Waals surface area contributed by atoms with E-state index in [1.165, 1.54) is 0 Å². The molecule has 0 radical (unpaired) electrons. The van der Waals surface area contributed by atoms with Crippen LogP contribution in [-0.4, -0.2) is 47.6 Å². The monoisotopic (exact) mass is 291 g/mol. The second-order valence-corrected chi connectivity index (χ2v) is 4.71. The van der Waals surface area contributed by atoms with Crippen molar-refractivity contribution in [1.29, 1.82) is 0 Å². The first-order chi connectivity index (χ1) is 10.2. The van der Waals surface area contributed by atoms with Gasteiger partial charge in [0.2, 0.25) is 0 Å². The summed E-state index contributed by atoms with van der Waals surface area (Å²) in [6.45, 7) is 4.05. The zero-order chi connectivity index (χ0) is 15.1. The molecule has 0 spiro atoms. The van der Waals surface area contributed by atoms with Crippen LogP contribution in [0.5, 0.6) is 5.75 Å². The minimum Gasteiger partial charge on any atom is -0.497 e. The van der Waals surface area contributed by atoms with Gasteiger partial charge in [-0.1, -0.05) is 12.1 Å². The summed E-state index contributed by atoms with van der Waals surface area (Å²) in [5.41, 5.74) is 1.09. The molecule has 1 N–H and O–H groups in total. The van der Waals surface area contributed by atoms with Crippen molar-refractivity contribution >= 4 is 0 Å². The highest BCUT2D eigenvalue weighted by molar-refractivity contribution is 5.28. The molecule has 0 aliphatic heterocycles. The van der Waals surface area contributed by atoms with Crippen molar-refractivity contribution in [2.45, 2.75) is 19.5 Å². The zero-order valence-electron chi connectivity index (χ0n) is 12.6. The third-order valence-corrected chi connectivity index (χ3v) is 3.17. The third-order valence-electron chi connectivity index (χ3n) is 3.17. The fraction of sp³-hybridized carbons (Fsp3) is 0.500. The predicted molar refractivity (Wildman–Crippen MR) is 78.2 cm³/mol. The standard InChI is InChI=1S/C14H21N5O2/c1-11(15-7-8-20-2)14-16-17-18-19(14)10-12-5-4-6-13(9-12)21-3/h4-6,9,11,15H,7-8,10H2,1-3H3. The van der Waals surface area contributed by atoms with E-state index in [4.69, 9.17) is 9.47 Å². The summed E-state index contributed by atoms with van der Waals surface area (Å²) >= 11 is 0. The molecule has 1 heterocycles. The van der Waals surface area contributed by atoms with Crippen molar-refractivity contribution in [2.75, 3.05) is 27.4 Å². The normalized spacial score (nSPS) is 12.3. The average Bonchev–Trinajstić information content (AvgIpc) is 2.96. The molecule has 0 fully saturated rings. The summed E-state index contributed by atoms with van der Waals surface area (Å²) in [6, 6.07) is 7.93. The first kappa shape index (κ1) is 15.4. The smallest absolute Gasteiger partial charge is 0.168 e. The van der Waals surface area contributed by atoms with E-state index in [1.807, 2.05) is 31.2 Å². The van der Waals surface area contributed by atoms with Gasteiger partial charge in [-0.25, -0.2) is 4.68 Å². The minimum atomic E-state index is 0.0563. The summed E-state index contributed by atoms with van der Waals surface area (Å²) in [7, 11) is 3.34. The van der Waals surface area contributed by atoms with Gasteiger partial charge in [0.25, 0.3) is 0 Å². The van der Waals surface area contributed by atoms with Gasteiger partial charge in [-0.15, -0.1) is 5.10 Å². The Labute approximate surface area is 124 Å². The largest absolute Gasteiger partial charge is 0.497 e. The third kappa shape index (κ3) is 4.24. The molecule has 0 saturated carbocycles. The van der Waals surface area contributed by atoms with Crippen LogP contribution in [0.4, 0.5) is 0 Å². The Hall–Kier alpha value is -1.99. The molecule has 7 nitrogen and oxygen atoms in total. The second-order valence-electron chi connectivity index (χ2n) is 4.71. The number of ether oxygens (including phenoxy) is 2. The Morgan fingerprint density at radius 1 is 1.33 bits per heavy atom. The van der Waals surface area contributed by atoms with Crippen LogP contribution in [0.15, 0.2) is 24.3 Å². The minimum absolute atomic E-state index is 0.0563. The number of nitrogens with one attached hydrogen (secondary N) is 1. The lowest BCUT2D eigenvalue weighted by Crippen LogP contribution is -2.26. The van der Waals surface area contributed by atoms with E-state index in [2.05, 4.69) is 20.8 Å². The topological polar surface area (TPSA) is 74.1 Å². The maximum absolute atomic E-state index is 5.23. The summed E-state index contributed by atoms with van der Waals surface area (Å²) in [6.07, 6.45) is 0. The van der Waals surface area contributed by atoms with Crippen LogP contribution in [0, 0.1) is 0 Å². The van der Waals surface area contributed by atoms with Gasteiger partial charge in [-0.2, -0.15) is 0 Å². The van der Waals surface area contributed by atoms with Crippen LogP contribution in [0.1, 0.15) is 24.4 Å². The van der Waals surface area contributed by atoms with Crippen molar-refractivity contribution < 1.29 is 9.47 Å². The lowest BCUT2D eigenvalue weighted by molar-refractivity contribution is 0.196. The quantitative estimate of drug-likeness (QED) is 0.732. The van der Waals surface area contributed by atoms with E-state index in [9.17, 15) is 0 Å². The summed E-state index contributed by atoms with van der Waals surface area (Å²) in [5, 5.41) is 15.3. The maximum Gasteiger partial charge on any atom is 0.168 e. The molecular weight excluding hydrogens is 270 g/mol. The summed E-state index contributed by atoms with van der Waals surface area (Å²) in [5.74, 6) is 1.63. The van der Waals surface area contributed by atoms with Gasteiger partial charge >= 0.3 is 0 Å². The molecule has 0 bridgehead atoms. The molecular formula is C14H21N5O2. The molecule has 1 unspecified atom stereocenters. The Morgan fingerprint density at radius 2 is 2.19 bits per heavy atom. The van der Waals surface area contributed by atoms with Gasteiger partial charge < -0.3 is 14.8 Å². The highest BCUT2D eigenvalue weighted by Gasteiger charge is 2.14. The Bertz CT molecular complexity index is 558.